The third-order valence-corrected chi connectivity index (χ3v) is 8.71. The Morgan fingerprint density at radius 2 is 1.87 bits per heavy atom. The van der Waals surface area contributed by atoms with E-state index in [0.29, 0.717) is 36.5 Å². The first kappa shape index (κ1) is 30.8. The van der Waals surface area contributed by atoms with Crippen molar-refractivity contribution in [2.45, 2.75) is 84.0 Å². The number of likely N-dealkylation sites (tertiary alicyclic amines) is 1. The van der Waals surface area contributed by atoms with Gasteiger partial charge in [0, 0.05) is 36.9 Å². The molecule has 2 aromatic carbocycles. The highest BCUT2D eigenvalue weighted by atomic mass is 16.6. The smallest absolute Gasteiger partial charge is 0.410 e. The van der Waals surface area contributed by atoms with Crippen molar-refractivity contribution in [3.63, 3.8) is 0 Å². The number of ether oxygens (including phenoxy) is 2. The van der Waals surface area contributed by atoms with Crippen LogP contribution in [0.15, 0.2) is 60.9 Å². The fraction of sp³-hybridized carbons (Fsp3) is 0.444. The van der Waals surface area contributed by atoms with E-state index in [0.717, 1.165) is 66.2 Å². The highest BCUT2D eigenvalue weighted by molar-refractivity contribution is 5.92. The van der Waals surface area contributed by atoms with Gasteiger partial charge in [0.05, 0.1) is 17.4 Å². The Bertz CT molecular complexity index is 1670. The summed E-state index contributed by atoms with van der Waals surface area (Å²) in [5.74, 6) is 2.00. The molecule has 3 atom stereocenters. The summed E-state index contributed by atoms with van der Waals surface area (Å²) in [5.41, 5.74) is 3.13. The van der Waals surface area contributed by atoms with Crippen molar-refractivity contribution < 1.29 is 19.4 Å². The van der Waals surface area contributed by atoms with Gasteiger partial charge in [0.15, 0.2) is 0 Å². The lowest BCUT2D eigenvalue weighted by atomic mass is 9.92. The second-order valence-corrected chi connectivity index (χ2v) is 13.3. The number of amides is 1. The van der Waals surface area contributed by atoms with E-state index in [1.54, 1.807) is 17.3 Å². The molecule has 236 valence electrons. The first-order valence-electron chi connectivity index (χ1n) is 16.0. The molecule has 1 saturated carbocycles. The molecule has 0 bridgehead atoms. The van der Waals surface area contributed by atoms with Gasteiger partial charge in [-0.2, -0.15) is 0 Å². The molecule has 0 spiro atoms. The minimum absolute atomic E-state index is 0.00371. The van der Waals surface area contributed by atoms with Gasteiger partial charge in [-0.05, 0) is 100 Å². The highest BCUT2D eigenvalue weighted by Gasteiger charge is 2.29. The van der Waals surface area contributed by atoms with Crippen LogP contribution in [0, 0.1) is 12.8 Å². The van der Waals surface area contributed by atoms with Crippen LogP contribution in [0.25, 0.3) is 22.0 Å². The number of nitrogens with one attached hydrogen (secondary N) is 1. The van der Waals surface area contributed by atoms with Crippen LogP contribution >= 0.6 is 0 Å². The Balaban J connectivity index is 1.23. The molecule has 2 fully saturated rings. The Kier molecular flexibility index (Phi) is 8.90. The fourth-order valence-corrected chi connectivity index (χ4v) is 6.47. The van der Waals surface area contributed by atoms with Gasteiger partial charge in [-0.15, -0.1) is 0 Å². The molecule has 1 amide bonds. The van der Waals surface area contributed by atoms with E-state index in [-0.39, 0.29) is 18.2 Å². The van der Waals surface area contributed by atoms with Gasteiger partial charge in [0.25, 0.3) is 0 Å². The molecular weight excluding hydrogens is 566 g/mol. The number of pyridine rings is 1. The number of rotatable bonds is 7. The number of hydrogen-bond donors (Lipinski definition) is 2. The van der Waals surface area contributed by atoms with E-state index >= 15 is 0 Å². The zero-order valence-electron chi connectivity index (χ0n) is 26.6. The minimum Gasteiger partial charge on any atom is -0.444 e. The van der Waals surface area contributed by atoms with Gasteiger partial charge >= 0.3 is 6.09 Å². The average molecular weight is 610 g/mol. The highest BCUT2D eigenvalue weighted by Crippen LogP contribution is 2.39. The van der Waals surface area contributed by atoms with Gasteiger partial charge in [-0.1, -0.05) is 36.8 Å². The third-order valence-electron chi connectivity index (χ3n) is 8.71. The Morgan fingerprint density at radius 3 is 2.67 bits per heavy atom. The van der Waals surface area contributed by atoms with Crippen LogP contribution in [0.3, 0.4) is 0 Å². The number of nitrogens with zero attached hydrogens (tertiary/aromatic N) is 4. The molecule has 1 aliphatic heterocycles. The van der Waals surface area contributed by atoms with Crippen molar-refractivity contribution in [3.05, 3.63) is 72.1 Å². The van der Waals surface area contributed by atoms with Crippen molar-refractivity contribution in [2.24, 2.45) is 5.92 Å². The van der Waals surface area contributed by atoms with E-state index in [1.165, 1.54) is 5.56 Å². The van der Waals surface area contributed by atoms with Gasteiger partial charge in [-0.25, -0.2) is 19.7 Å². The summed E-state index contributed by atoms with van der Waals surface area (Å²) in [5, 5.41) is 16.1. The molecule has 2 N–H and O–H groups in total. The number of anilines is 1. The summed E-state index contributed by atoms with van der Waals surface area (Å²) in [6.07, 6.45) is 8.56. The molecule has 1 aliphatic carbocycles. The van der Waals surface area contributed by atoms with Crippen LogP contribution in [-0.2, 0) is 11.2 Å². The molecular formula is C36H43N5O4. The van der Waals surface area contributed by atoms with Crippen LogP contribution in [-0.4, -0.2) is 61.9 Å². The molecule has 6 rings (SSSR count). The summed E-state index contributed by atoms with van der Waals surface area (Å²) >= 11 is 0. The number of piperidine rings is 1. The first-order chi connectivity index (χ1) is 21.6. The minimum atomic E-state index is -0.537. The summed E-state index contributed by atoms with van der Waals surface area (Å²) in [7, 11) is 0. The molecule has 2 unspecified atom stereocenters. The average Bonchev–Trinajstić information content (AvgIpc) is 3.42. The monoisotopic (exact) mass is 609 g/mol. The normalized spacial score (nSPS) is 20.3. The molecule has 1 saturated heterocycles. The number of fused-ring (bicyclic) bond motifs is 1. The predicted molar refractivity (Wildman–Crippen MR) is 176 cm³/mol. The van der Waals surface area contributed by atoms with E-state index in [2.05, 4.69) is 45.6 Å². The van der Waals surface area contributed by atoms with Crippen LogP contribution in [0.4, 0.5) is 10.7 Å². The number of aromatic nitrogens is 3. The first-order valence-corrected chi connectivity index (χ1v) is 16.0. The van der Waals surface area contributed by atoms with Crippen molar-refractivity contribution in [3.8, 4) is 22.9 Å². The zero-order chi connectivity index (χ0) is 31.6. The maximum Gasteiger partial charge on any atom is 0.410 e. The molecule has 45 heavy (non-hydrogen) atoms. The van der Waals surface area contributed by atoms with Crippen LogP contribution in [0.1, 0.15) is 64.0 Å². The fourth-order valence-electron chi connectivity index (χ4n) is 6.47. The van der Waals surface area contributed by atoms with Crippen molar-refractivity contribution >= 4 is 22.8 Å². The lowest BCUT2D eigenvalue weighted by molar-refractivity contribution is 0.0206. The maximum atomic E-state index is 12.7. The molecule has 4 aromatic rings. The summed E-state index contributed by atoms with van der Waals surface area (Å²) in [6, 6.07) is 16.2. The van der Waals surface area contributed by atoms with E-state index in [4.69, 9.17) is 14.5 Å². The van der Waals surface area contributed by atoms with E-state index < -0.39 is 5.60 Å². The maximum absolute atomic E-state index is 12.7. The van der Waals surface area contributed by atoms with E-state index in [1.807, 2.05) is 45.9 Å². The number of aryl methyl sites for hydroxylation is 1. The number of hydrogen-bond acceptors (Lipinski definition) is 8. The van der Waals surface area contributed by atoms with Gasteiger partial charge < -0.3 is 24.8 Å². The Labute approximate surface area is 265 Å². The summed E-state index contributed by atoms with van der Waals surface area (Å²) < 4.78 is 12.2. The van der Waals surface area contributed by atoms with Crippen molar-refractivity contribution in [1.29, 1.82) is 0 Å². The second-order valence-electron chi connectivity index (χ2n) is 13.3. The van der Waals surface area contributed by atoms with Crippen LogP contribution in [0.5, 0.6) is 11.6 Å². The van der Waals surface area contributed by atoms with E-state index in [9.17, 15) is 9.90 Å². The molecule has 2 aromatic heterocycles. The number of benzene rings is 2. The van der Waals surface area contributed by atoms with Crippen molar-refractivity contribution in [1.82, 2.24) is 19.9 Å². The van der Waals surface area contributed by atoms with Crippen LogP contribution < -0.4 is 10.1 Å². The number of aliphatic hydroxyl groups is 1. The summed E-state index contributed by atoms with van der Waals surface area (Å²) in [6.45, 7) is 8.86. The molecule has 9 nitrogen and oxygen atoms in total. The van der Waals surface area contributed by atoms with Gasteiger partial charge in [0.1, 0.15) is 11.4 Å². The molecule has 0 radical (unpaired) electrons. The quantitative estimate of drug-likeness (QED) is 0.225. The Hall–Kier alpha value is -4.24. The zero-order valence-corrected chi connectivity index (χ0v) is 26.6. The number of carbonyl (C=O) groups is 1. The Morgan fingerprint density at radius 1 is 1.00 bits per heavy atom. The second kappa shape index (κ2) is 13.0. The molecule has 2 aliphatic rings. The lowest BCUT2D eigenvalue weighted by Crippen LogP contribution is -2.47. The lowest BCUT2D eigenvalue weighted by Gasteiger charge is -2.34. The topological polar surface area (TPSA) is 110 Å². The van der Waals surface area contributed by atoms with Gasteiger partial charge in [0.2, 0.25) is 11.8 Å². The standard InChI is InChI=1S/C36H43N5O4/c1-23-15-16-27-24(21-25-10-6-14-31(25)42)9-5-12-28(27)32(23)44-33-29(13-7-18-37-33)30-17-19-38-34(40-30)39-26-11-8-20-41(22-26)35(43)45-36(2,3)4/h5,7,9,12-13,15-19,25-26,31,42H,6,8,10-11,14,20-22H2,1-4H3,(H,38,39,40)/t25?,26-,31?/m0/s1. The summed E-state index contributed by atoms with van der Waals surface area (Å²) in [4.78, 5) is 28.3. The third kappa shape index (κ3) is 7.20. The molecule has 9 heteroatoms. The predicted octanol–water partition coefficient (Wildman–Crippen LogP) is 7.31. The SMILES string of the molecule is Cc1ccc2c(CC3CCCC3O)cccc2c1Oc1ncccc1-c1ccnc(N[C@H]2CCCN(C(=O)OC(C)(C)C)C2)n1. The van der Waals surface area contributed by atoms with Crippen molar-refractivity contribution in [2.75, 3.05) is 18.4 Å². The van der Waals surface area contributed by atoms with Gasteiger partial charge in [-0.3, -0.25) is 0 Å². The largest absolute Gasteiger partial charge is 0.444 e. The number of aliphatic hydroxyl groups excluding tert-OH is 1. The number of carbonyl (C=O) groups excluding carboxylic acids is 1. The van der Waals surface area contributed by atoms with Crippen LogP contribution in [0.2, 0.25) is 0 Å². The molecule has 3 heterocycles.